The van der Waals surface area contributed by atoms with Crippen LogP contribution in [0.1, 0.15) is 15.9 Å². The maximum Gasteiger partial charge on any atom is 0.209 e. The smallest absolute Gasteiger partial charge is 0.209 e. The Bertz CT molecular complexity index is 1050. The highest BCUT2D eigenvalue weighted by molar-refractivity contribution is 6.09. The van der Waals surface area contributed by atoms with Crippen molar-refractivity contribution >= 4 is 12.1 Å². The number of allylic oxidation sites excluding steroid dienone is 4. The fourth-order valence-corrected chi connectivity index (χ4v) is 3.48. The van der Waals surface area contributed by atoms with Crippen molar-refractivity contribution in [2.45, 2.75) is 5.41 Å². The van der Waals surface area contributed by atoms with Gasteiger partial charge in [-0.15, -0.1) is 0 Å². The third kappa shape index (κ3) is 3.67. The topological polar surface area (TPSA) is 43.4 Å². The van der Waals surface area contributed by atoms with Gasteiger partial charge in [-0.3, -0.25) is 9.59 Å². The SMILES string of the molecule is O=[C]C1C=CC(C(=O)c2ccccc2Oc2ccccc2)(c2ccccc2)C=C1. The molecule has 1 radical (unpaired) electrons. The first-order valence-electron chi connectivity index (χ1n) is 9.41. The minimum absolute atomic E-state index is 0.118. The Morgan fingerprint density at radius 2 is 1.38 bits per heavy atom. The number of carbonyl (C=O) groups excluding carboxylic acids is 2. The molecule has 0 aromatic heterocycles. The van der Waals surface area contributed by atoms with Crippen LogP contribution in [0.2, 0.25) is 0 Å². The molecule has 0 spiro atoms. The molecule has 1 aliphatic rings. The fourth-order valence-electron chi connectivity index (χ4n) is 3.48. The second-order valence-electron chi connectivity index (χ2n) is 6.84. The number of para-hydroxylation sites is 2. The van der Waals surface area contributed by atoms with Crippen LogP contribution in [0.3, 0.4) is 0 Å². The van der Waals surface area contributed by atoms with E-state index < -0.39 is 11.3 Å². The van der Waals surface area contributed by atoms with Crippen LogP contribution in [-0.2, 0) is 10.2 Å². The number of ether oxygens (including phenoxy) is 1. The van der Waals surface area contributed by atoms with E-state index >= 15 is 0 Å². The Morgan fingerprint density at radius 1 is 0.793 bits per heavy atom. The highest BCUT2D eigenvalue weighted by Crippen LogP contribution is 2.38. The Labute approximate surface area is 170 Å². The zero-order chi connectivity index (χ0) is 20.1. The molecule has 0 atom stereocenters. The molecule has 0 unspecified atom stereocenters. The zero-order valence-corrected chi connectivity index (χ0v) is 15.7. The number of hydrogen-bond acceptors (Lipinski definition) is 3. The number of rotatable bonds is 6. The van der Waals surface area contributed by atoms with Crippen LogP contribution in [0.15, 0.2) is 109 Å². The molecular formula is C26H19O3. The maximum absolute atomic E-state index is 13.8. The van der Waals surface area contributed by atoms with E-state index in [4.69, 9.17) is 4.74 Å². The first-order chi connectivity index (χ1) is 14.2. The Balaban J connectivity index is 1.79. The number of Topliss-reactive ketones (excluding diaryl/α,β-unsaturated/α-hetero) is 1. The molecule has 0 amide bonds. The van der Waals surface area contributed by atoms with Gasteiger partial charge in [-0.05, 0) is 29.8 Å². The summed E-state index contributed by atoms with van der Waals surface area (Å²) in [6.07, 6.45) is 8.98. The number of hydrogen-bond donors (Lipinski definition) is 0. The number of ketones is 1. The van der Waals surface area contributed by atoms with Crippen molar-refractivity contribution in [1.82, 2.24) is 0 Å². The normalized spacial score (nSPS) is 20.2. The summed E-state index contributed by atoms with van der Waals surface area (Å²) in [5.74, 6) is 0.583. The second-order valence-corrected chi connectivity index (χ2v) is 6.84. The van der Waals surface area contributed by atoms with Crippen LogP contribution in [0.25, 0.3) is 0 Å². The standard InChI is InChI=1S/C26H19O3/c27-19-20-15-17-26(18-16-20,21-9-3-1-4-10-21)25(28)23-13-7-8-14-24(23)29-22-11-5-2-6-12-22/h1-18,20H. The van der Waals surface area contributed by atoms with Crippen LogP contribution >= 0.6 is 0 Å². The summed E-state index contributed by atoms with van der Waals surface area (Å²) in [5, 5.41) is 0. The highest BCUT2D eigenvalue weighted by atomic mass is 16.5. The summed E-state index contributed by atoms with van der Waals surface area (Å²) in [5.41, 5.74) is 0.296. The van der Waals surface area contributed by atoms with Gasteiger partial charge < -0.3 is 4.74 Å². The van der Waals surface area contributed by atoms with Crippen molar-refractivity contribution in [1.29, 1.82) is 0 Å². The number of benzene rings is 3. The molecule has 0 N–H and O–H groups in total. The molecule has 0 aliphatic heterocycles. The van der Waals surface area contributed by atoms with Gasteiger partial charge in [0.2, 0.25) is 6.29 Å². The Morgan fingerprint density at radius 3 is 2.03 bits per heavy atom. The van der Waals surface area contributed by atoms with Gasteiger partial charge in [-0.2, -0.15) is 0 Å². The molecule has 1 aliphatic carbocycles. The summed E-state index contributed by atoms with van der Waals surface area (Å²) < 4.78 is 6.01. The molecule has 0 fully saturated rings. The molecule has 0 heterocycles. The summed E-state index contributed by atoms with van der Waals surface area (Å²) in [7, 11) is 0. The lowest BCUT2D eigenvalue weighted by Gasteiger charge is -2.30. The van der Waals surface area contributed by atoms with E-state index in [2.05, 4.69) is 0 Å². The summed E-state index contributed by atoms with van der Waals surface area (Å²) >= 11 is 0. The molecule has 3 aromatic carbocycles. The van der Waals surface area contributed by atoms with E-state index in [1.54, 1.807) is 36.4 Å². The van der Waals surface area contributed by atoms with Crippen molar-refractivity contribution in [2.75, 3.05) is 0 Å². The molecule has 141 valence electrons. The van der Waals surface area contributed by atoms with Crippen LogP contribution in [0.4, 0.5) is 0 Å². The minimum Gasteiger partial charge on any atom is -0.457 e. The molecule has 3 aromatic rings. The van der Waals surface area contributed by atoms with Gasteiger partial charge in [0.15, 0.2) is 5.78 Å². The summed E-state index contributed by atoms with van der Waals surface area (Å²) in [4.78, 5) is 24.9. The summed E-state index contributed by atoms with van der Waals surface area (Å²) in [6.45, 7) is 0. The fraction of sp³-hybridized carbons (Fsp3) is 0.0769. The molecular weight excluding hydrogens is 360 g/mol. The van der Waals surface area contributed by atoms with Crippen LogP contribution in [0, 0.1) is 5.92 Å². The first kappa shape index (κ1) is 18.6. The van der Waals surface area contributed by atoms with Gasteiger partial charge in [0.1, 0.15) is 11.5 Å². The average Bonchev–Trinajstić information content (AvgIpc) is 2.80. The second kappa shape index (κ2) is 8.11. The lowest BCUT2D eigenvalue weighted by atomic mass is 9.71. The lowest BCUT2D eigenvalue weighted by molar-refractivity contribution is 0.0939. The molecule has 0 bridgehead atoms. The molecule has 3 nitrogen and oxygen atoms in total. The largest absolute Gasteiger partial charge is 0.457 e. The van der Waals surface area contributed by atoms with E-state index in [0.717, 1.165) is 5.56 Å². The van der Waals surface area contributed by atoms with E-state index in [9.17, 15) is 9.59 Å². The van der Waals surface area contributed by atoms with Crippen molar-refractivity contribution in [3.05, 3.63) is 120 Å². The lowest BCUT2D eigenvalue weighted by Crippen LogP contribution is -2.34. The molecule has 0 saturated carbocycles. The predicted molar refractivity (Wildman–Crippen MR) is 113 cm³/mol. The monoisotopic (exact) mass is 379 g/mol. The van der Waals surface area contributed by atoms with Gasteiger partial charge in [0.05, 0.1) is 16.9 Å². The van der Waals surface area contributed by atoms with Gasteiger partial charge >= 0.3 is 0 Å². The highest BCUT2D eigenvalue weighted by Gasteiger charge is 2.39. The first-order valence-corrected chi connectivity index (χ1v) is 9.41. The van der Waals surface area contributed by atoms with Crippen LogP contribution in [-0.4, -0.2) is 12.1 Å². The third-order valence-electron chi connectivity index (χ3n) is 5.00. The van der Waals surface area contributed by atoms with Gasteiger partial charge in [0.25, 0.3) is 0 Å². The van der Waals surface area contributed by atoms with Crippen molar-refractivity contribution < 1.29 is 14.3 Å². The molecule has 0 saturated heterocycles. The predicted octanol–water partition coefficient (Wildman–Crippen LogP) is 5.45. The minimum atomic E-state index is -1.01. The summed E-state index contributed by atoms with van der Waals surface area (Å²) in [6, 6.07) is 26.1. The van der Waals surface area contributed by atoms with E-state index in [1.807, 2.05) is 79.1 Å². The Hall–Kier alpha value is -3.72. The van der Waals surface area contributed by atoms with E-state index in [1.165, 1.54) is 0 Å². The molecule has 3 heteroatoms. The Kier molecular flexibility index (Phi) is 5.21. The van der Waals surface area contributed by atoms with E-state index in [-0.39, 0.29) is 5.78 Å². The maximum atomic E-state index is 13.8. The molecule has 29 heavy (non-hydrogen) atoms. The van der Waals surface area contributed by atoms with Crippen molar-refractivity contribution in [3.8, 4) is 11.5 Å². The van der Waals surface area contributed by atoms with Crippen LogP contribution < -0.4 is 4.74 Å². The number of carbonyl (C=O) groups is 1. The van der Waals surface area contributed by atoms with Crippen molar-refractivity contribution in [3.63, 3.8) is 0 Å². The average molecular weight is 379 g/mol. The third-order valence-corrected chi connectivity index (χ3v) is 5.00. The quantitative estimate of drug-likeness (QED) is 0.422. The van der Waals surface area contributed by atoms with Crippen LogP contribution in [0.5, 0.6) is 11.5 Å². The van der Waals surface area contributed by atoms with Gasteiger partial charge in [0, 0.05) is 0 Å². The van der Waals surface area contributed by atoms with Gasteiger partial charge in [-0.25, -0.2) is 0 Å². The zero-order valence-electron chi connectivity index (χ0n) is 15.7. The van der Waals surface area contributed by atoms with E-state index in [0.29, 0.717) is 17.1 Å². The van der Waals surface area contributed by atoms with Gasteiger partial charge in [-0.1, -0.05) is 85.0 Å². The van der Waals surface area contributed by atoms with Crippen molar-refractivity contribution in [2.24, 2.45) is 5.92 Å². The molecule has 4 rings (SSSR count).